The van der Waals surface area contributed by atoms with Crippen LogP contribution in [0.1, 0.15) is 21.7 Å². The van der Waals surface area contributed by atoms with Crippen LogP contribution in [0.15, 0.2) is 66.7 Å². The number of para-hydroxylation sites is 2. The Morgan fingerprint density at radius 2 is 1.32 bits per heavy atom. The first-order valence-corrected chi connectivity index (χ1v) is 9.33. The highest BCUT2D eigenvalue weighted by Gasteiger charge is 2.44. The second-order valence-corrected chi connectivity index (χ2v) is 6.59. The molecule has 0 radical (unpaired) electrons. The molecule has 3 rings (SSSR count). The highest BCUT2D eigenvalue weighted by atomic mass is 19.4. The molecule has 0 aliphatic rings. The van der Waals surface area contributed by atoms with E-state index in [1.807, 2.05) is 0 Å². The van der Waals surface area contributed by atoms with E-state index in [2.05, 4.69) is 9.72 Å². The van der Waals surface area contributed by atoms with Crippen molar-refractivity contribution in [3.05, 3.63) is 83.7 Å². The first-order chi connectivity index (χ1) is 15.9. The number of halogens is 6. The number of aromatic nitrogens is 1. The number of esters is 1. The fraction of sp³-hybridized carbons (Fsp3) is 0.136. The van der Waals surface area contributed by atoms with Gasteiger partial charge in [-0.05, 0) is 24.3 Å². The lowest BCUT2D eigenvalue weighted by molar-refractivity contribution is -0.150. The van der Waals surface area contributed by atoms with Gasteiger partial charge in [-0.25, -0.2) is 19.5 Å². The smallest absolute Gasteiger partial charge is 0.434 e. The lowest BCUT2D eigenvalue weighted by Gasteiger charge is -2.23. The molecule has 1 heterocycles. The van der Waals surface area contributed by atoms with E-state index in [0.717, 1.165) is 4.90 Å². The second-order valence-electron chi connectivity index (χ2n) is 6.59. The molecule has 34 heavy (non-hydrogen) atoms. The van der Waals surface area contributed by atoms with Crippen molar-refractivity contribution < 1.29 is 45.4 Å². The van der Waals surface area contributed by atoms with Crippen LogP contribution in [0.3, 0.4) is 0 Å². The molecule has 3 aromatic rings. The topological polar surface area (TPSA) is 68.7 Å². The van der Waals surface area contributed by atoms with Gasteiger partial charge in [0.15, 0.2) is 11.4 Å². The van der Waals surface area contributed by atoms with Crippen molar-refractivity contribution in [3.63, 3.8) is 0 Å². The molecule has 0 bridgehead atoms. The van der Waals surface area contributed by atoms with Gasteiger partial charge in [-0.1, -0.05) is 36.4 Å². The molecule has 0 saturated carbocycles. The molecule has 12 heteroatoms. The predicted molar refractivity (Wildman–Crippen MR) is 107 cm³/mol. The van der Waals surface area contributed by atoms with Crippen molar-refractivity contribution in [2.24, 2.45) is 0 Å². The summed E-state index contributed by atoms with van der Waals surface area (Å²) in [7, 11) is 0.714. The number of nitrogens with zero attached hydrogens (tertiary/aromatic N) is 2. The molecule has 0 fully saturated rings. The summed E-state index contributed by atoms with van der Waals surface area (Å²) in [5.74, 6) is -3.01. The summed E-state index contributed by atoms with van der Waals surface area (Å²) in [5.41, 5.74) is -5.31. The number of hydrogen-bond acceptors (Lipinski definition) is 5. The first kappa shape index (κ1) is 24.6. The van der Waals surface area contributed by atoms with Gasteiger partial charge in [0, 0.05) is 6.07 Å². The fourth-order valence-electron chi connectivity index (χ4n) is 2.91. The Kier molecular flexibility index (Phi) is 6.80. The van der Waals surface area contributed by atoms with Gasteiger partial charge in [0.05, 0.1) is 18.5 Å². The Morgan fingerprint density at radius 1 is 0.824 bits per heavy atom. The first-order valence-electron chi connectivity index (χ1n) is 9.33. The molecular weight excluding hydrogens is 470 g/mol. The minimum Gasteiger partial charge on any atom is -0.465 e. The van der Waals surface area contributed by atoms with Crippen molar-refractivity contribution in [3.8, 4) is 5.75 Å². The highest BCUT2D eigenvalue weighted by Crippen LogP contribution is 2.40. The summed E-state index contributed by atoms with van der Waals surface area (Å²) >= 11 is 0. The van der Waals surface area contributed by atoms with Crippen molar-refractivity contribution >= 4 is 23.4 Å². The zero-order valence-corrected chi connectivity index (χ0v) is 17.1. The lowest BCUT2D eigenvalue weighted by Crippen LogP contribution is -2.30. The number of alkyl halides is 6. The molecular formula is C22H14F6N2O4. The summed E-state index contributed by atoms with van der Waals surface area (Å²) in [5, 5.41) is 0. The molecule has 0 aliphatic carbocycles. The van der Waals surface area contributed by atoms with Gasteiger partial charge in [0.2, 0.25) is 0 Å². The lowest BCUT2D eigenvalue weighted by atomic mass is 10.1. The number of rotatable bonds is 4. The van der Waals surface area contributed by atoms with Crippen LogP contribution in [0.2, 0.25) is 0 Å². The molecule has 1 aromatic heterocycles. The Balaban J connectivity index is 2.19. The number of hydrogen-bond donors (Lipinski definition) is 0. The molecule has 0 unspecified atom stereocenters. The maximum atomic E-state index is 13.5. The zero-order chi connectivity index (χ0) is 25.1. The number of ether oxygens (including phenoxy) is 2. The van der Waals surface area contributed by atoms with Crippen LogP contribution >= 0.6 is 0 Å². The average Bonchev–Trinajstić information content (AvgIpc) is 2.78. The Morgan fingerprint density at radius 3 is 1.74 bits per heavy atom. The van der Waals surface area contributed by atoms with Gasteiger partial charge >= 0.3 is 24.4 Å². The molecule has 6 nitrogen and oxygen atoms in total. The van der Waals surface area contributed by atoms with E-state index in [9.17, 15) is 35.9 Å². The van der Waals surface area contributed by atoms with Crippen LogP contribution in [0.5, 0.6) is 5.75 Å². The van der Waals surface area contributed by atoms with Crippen LogP contribution < -0.4 is 9.64 Å². The third-order valence-electron chi connectivity index (χ3n) is 4.34. The van der Waals surface area contributed by atoms with Gasteiger partial charge in [-0.15, -0.1) is 0 Å². The summed E-state index contributed by atoms with van der Waals surface area (Å²) in [6.07, 6.45) is -12.2. The zero-order valence-electron chi connectivity index (χ0n) is 17.1. The van der Waals surface area contributed by atoms with Crippen molar-refractivity contribution in [2.45, 2.75) is 12.4 Å². The van der Waals surface area contributed by atoms with E-state index < -0.39 is 47.1 Å². The van der Waals surface area contributed by atoms with E-state index >= 15 is 0 Å². The second kappa shape index (κ2) is 9.41. The number of benzene rings is 2. The maximum absolute atomic E-state index is 13.5. The molecule has 178 valence electrons. The van der Waals surface area contributed by atoms with Gasteiger partial charge in [-0.2, -0.15) is 26.3 Å². The van der Waals surface area contributed by atoms with Gasteiger partial charge in [0.1, 0.15) is 11.3 Å². The fourth-order valence-corrected chi connectivity index (χ4v) is 2.91. The molecule has 0 aliphatic heterocycles. The Hall–Kier alpha value is -4.09. The van der Waals surface area contributed by atoms with Crippen LogP contribution in [0.25, 0.3) is 0 Å². The summed E-state index contributed by atoms with van der Waals surface area (Å²) in [6, 6.07) is 15.3. The molecule has 1 amide bonds. The third-order valence-corrected chi connectivity index (χ3v) is 4.34. The van der Waals surface area contributed by atoms with Gasteiger partial charge in [-0.3, -0.25) is 0 Å². The monoisotopic (exact) mass is 484 g/mol. The quantitative estimate of drug-likeness (QED) is 0.324. The number of amides is 1. The summed E-state index contributed by atoms with van der Waals surface area (Å²) in [6.45, 7) is 0. The third kappa shape index (κ3) is 5.27. The summed E-state index contributed by atoms with van der Waals surface area (Å²) < 4.78 is 89.7. The average molecular weight is 484 g/mol. The number of carbonyl (C=O) groups is 2. The molecule has 2 aromatic carbocycles. The molecule has 0 atom stereocenters. The number of carbonyl (C=O) groups excluding carboxylic acids is 2. The van der Waals surface area contributed by atoms with E-state index in [1.54, 1.807) is 36.4 Å². The van der Waals surface area contributed by atoms with Crippen LogP contribution in [0, 0.1) is 0 Å². The largest absolute Gasteiger partial charge is 0.465 e. The number of pyridine rings is 1. The van der Waals surface area contributed by atoms with E-state index in [-0.39, 0.29) is 17.4 Å². The van der Waals surface area contributed by atoms with Crippen LogP contribution in [-0.2, 0) is 17.1 Å². The van der Waals surface area contributed by atoms with Crippen LogP contribution in [-0.4, -0.2) is 24.2 Å². The molecule has 0 N–H and O–H groups in total. The number of anilines is 2. The summed E-state index contributed by atoms with van der Waals surface area (Å²) in [4.78, 5) is 28.6. The minimum atomic E-state index is -5.50. The molecule has 0 spiro atoms. The van der Waals surface area contributed by atoms with Crippen molar-refractivity contribution in [1.29, 1.82) is 0 Å². The van der Waals surface area contributed by atoms with E-state index in [1.165, 1.54) is 24.3 Å². The van der Waals surface area contributed by atoms with Gasteiger partial charge in [0.25, 0.3) is 0 Å². The minimum absolute atomic E-state index is 0.0353. The molecule has 0 saturated heterocycles. The number of methoxy groups -OCH3 is 1. The van der Waals surface area contributed by atoms with E-state index in [4.69, 9.17) is 4.74 Å². The predicted octanol–water partition coefficient (Wildman–Crippen LogP) is 6.24. The normalized spacial score (nSPS) is 11.6. The van der Waals surface area contributed by atoms with E-state index in [0.29, 0.717) is 7.11 Å². The standard InChI is InChI=1S/C22H14F6N2O4/c1-33-19(31)17-15(12-16(21(23,24)25)29-18(17)22(26,27)28)34-20(32)30(13-8-4-2-5-9-13)14-10-6-3-7-11-14/h2-12H,1H3. The van der Waals surface area contributed by atoms with Gasteiger partial charge < -0.3 is 9.47 Å². The van der Waals surface area contributed by atoms with Crippen molar-refractivity contribution in [2.75, 3.05) is 12.0 Å². The SMILES string of the molecule is COC(=O)c1c(OC(=O)N(c2ccccc2)c2ccccc2)cc(C(F)(F)F)nc1C(F)(F)F. The Bertz CT molecular complexity index is 1140. The van der Waals surface area contributed by atoms with Crippen molar-refractivity contribution in [1.82, 2.24) is 4.98 Å². The Labute approximate surface area is 188 Å². The maximum Gasteiger partial charge on any atom is 0.434 e. The van der Waals surface area contributed by atoms with Crippen LogP contribution in [0.4, 0.5) is 42.5 Å². The highest BCUT2D eigenvalue weighted by molar-refractivity contribution is 5.99.